The first-order chi connectivity index (χ1) is 18.3. The largest absolute Gasteiger partial charge is 0.493 e. The highest BCUT2D eigenvalue weighted by molar-refractivity contribution is 6.35. The molecule has 0 aliphatic carbocycles. The van der Waals surface area contributed by atoms with E-state index in [0.717, 1.165) is 11.1 Å². The number of nitrogens with one attached hydrogen (secondary N) is 1. The van der Waals surface area contributed by atoms with Gasteiger partial charge < -0.3 is 15.2 Å². The molecule has 1 aromatic heterocycles. The van der Waals surface area contributed by atoms with Gasteiger partial charge in [-0.1, -0.05) is 59.6 Å². The van der Waals surface area contributed by atoms with Crippen LogP contribution in [0.25, 0.3) is 11.3 Å². The van der Waals surface area contributed by atoms with Gasteiger partial charge >= 0.3 is 0 Å². The number of halogens is 2. The molecule has 3 aromatic carbocycles. The molecular weight excluding hydrogens is 529 g/mol. The maximum Gasteiger partial charge on any atom is 0.271 e. The number of hydrogen-bond donors (Lipinski definition) is 2. The molecule has 4 rings (SSSR count). The number of carbonyl (C=O) groups excluding carboxylic acids is 2. The number of methoxy groups -OCH3 is 1. The van der Waals surface area contributed by atoms with Crippen molar-refractivity contribution >= 4 is 41.2 Å². The summed E-state index contributed by atoms with van der Waals surface area (Å²) in [6, 6.07) is 19.3. The summed E-state index contributed by atoms with van der Waals surface area (Å²) in [5.41, 5.74) is 10.9. The number of ether oxygens (including phenoxy) is 2. The Morgan fingerprint density at radius 3 is 2.58 bits per heavy atom. The van der Waals surface area contributed by atoms with Crippen molar-refractivity contribution in [1.82, 2.24) is 15.2 Å². The van der Waals surface area contributed by atoms with Crippen molar-refractivity contribution in [3.63, 3.8) is 0 Å². The zero-order chi connectivity index (χ0) is 27.1. The molecular formula is C27H23Cl2N5O4. The summed E-state index contributed by atoms with van der Waals surface area (Å²) >= 11 is 12.1. The van der Waals surface area contributed by atoms with Crippen LogP contribution in [-0.4, -0.2) is 34.9 Å². The van der Waals surface area contributed by atoms with Gasteiger partial charge in [-0.15, -0.1) is 0 Å². The predicted octanol–water partition coefficient (Wildman–Crippen LogP) is 4.69. The molecule has 38 heavy (non-hydrogen) atoms. The van der Waals surface area contributed by atoms with Gasteiger partial charge in [0.25, 0.3) is 5.91 Å². The SMILES string of the molecule is COc1cc(C(=O)N/N=C/c2cn(CC(N)=O)nc2-c2ccccc2)ccc1OCc1ccc(Cl)cc1Cl. The molecule has 0 unspecified atom stereocenters. The van der Waals surface area contributed by atoms with Gasteiger partial charge in [0.1, 0.15) is 18.8 Å². The lowest BCUT2D eigenvalue weighted by Gasteiger charge is -2.12. The fraction of sp³-hybridized carbons (Fsp3) is 0.111. The highest BCUT2D eigenvalue weighted by Crippen LogP contribution is 2.30. The third-order valence-corrected chi connectivity index (χ3v) is 5.94. The molecule has 9 nitrogen and oxygen atoms in total. The molecule has 2 amide bonds. The molecule has 0 saturated heterocycles. The van der Waals surface area contributed by atoms with Crippen LogP contribution in [0.2, 0.25) is 10.0 Å². The first kappa shape index (κ1) is 26.7. The fourth-order valence-electron chi connectivity index (χ4n) is 3.54. The normalized spacial score (nSPS) is 10.9. The highest BCUT2D eigenvalue weighted by atomic mass is 35.5. The number of rotatable bonds is 10. The van der Waals surface area contributed by atoms with Crippen LogP contribution in [0, 0.1) is 0 Å². The Morgan fingerprint density at radius 1 is 1.08 bits per heavy atom. The van der Waals surface area contributed by atoms with Gasteiger partial charge in [0, 0.05) is 38.5 Å². The summed E-state index contributed by atoms with van der Waals surface area (Å²) in [5.74, 6) is -0.182. The highest BCUT2D eigenvalue weighted by Gasteiger charge is 2.14. The van der Waals surface area contributed by atoms with E-state index in [2.05, 4.69) is 15.6 Å². The molecule has 194 valence electrons. The second-order valence-corrected chi connectivity index (χ2v) is 8.90. The molecule has 0 aliphatic rings. The van der Waals surface area contributed by atoms with Crippen molar-refractivity contribution < 1.29 is 19.1 Å². The zero-order valence-corrected chi connectivity index (χ0v) is 21.7. The minimum absolute atomic E-state index is 0.0849. The molecule has 3 N–H and O–H groups in total. The van der Waals surface area contributed by atoms with E-state index in [1.807, 2.05) is 30.3 Å². The van der Waals surface area contributed by atoms with Crippen LogP contribution < -0.4 is 20.6 Å². The lowest BCUT2D eigenvalue weighted by molar-refractivity contribution is -0.118. The number of primary amides is 1. The Hall–Kier alpha value is -4.34. The van der Waals surface area contributed by atoms with Crippen LogP contribution in [-0.2, 0) is 17.9 Å². The lowest BCUT2D eigenvalue weighted by Crippen LogP contribution is -2.19. The maximum atomic E-state index is 12.7. The summed E-state index contributed by atoms with van der Waals surface area (Å²) in [6.45, 7) is 0.105. The summed E-state index contributed by atoms with van der Waals surface area (Å²) < 4.78 is 12.7. The fourth-order valence-corrected chi connectivity index (χ4v) is 4.00. The van der Waals surface area contributed by atoms with E-state index < -0.39 is 11.8 Å². The van der Waals surface area contributed by atoms with E-state index in [0.29, 0.717) is 38.4 Å². The number of hydrogen-bond acceptors (Lipinski definition) is 6. The van der Waals surface area contributed by atoms with Crippen LogP contribution in [0.3, 0.4) is 0 Å². The van der Waals surface area contributed by atoms with E-state index in [9.17, 15) is 9.59 Å². The van der Waals surface area contributed by atoms with Crippen molar-refractivity contribution in [3.8, 4) is 22.8 Å². The summed E-state index contributed by atoms with van der Waals surface area (Å²) in [7, 11) is 1.48. The Bertz CT molecular complexity index is 1490. The summed E-state index contributed by atoms with van der Waals surface area (Å²) in [6.07, 6.45) is 3.08. The van der Waals surface area contributed by atoms with Crippen LogP contribution in [0.1, 0.15) is 21.5 Å². The topological polar surface area (TPSA) is 121 Å². The van der Waals surface area contributed by atoms with Crippen molar-refractivity contribution in [2.75, 3.05) is 7.11 Å². The molecule has 0 fully saturated rings. The minimum atomic E-state index is -0.526. The second kappa shape index (κ2) is 12.3. The van der Waals surface area contributed by atoms with Gasteiger partial charge in [0.2, 0.25) is 5.91 Å². The van der Waals surface area contributed by atoms with Gasteiger partial charge in [-0.3, -0.25) is 14.3 Å². The van der Waals surface area contributed by atoms with Crippen LogP contribution in [0.5, 0.6) is 11.5 Å². The molecule has 0 radical (unpaired) electrons. The van der Waals surface area contributed by atoms with Crippen molar-refractivity contribution in [2.24, 2.45) is 10.8 Å². The molecule has 0 atom stereocenters. The number of hydrazone groups is 1. The molecule has 4 aromatic rings. The number of amides is 2. The number of aromatic nitrogens is 2. The molecule has 0 bridgehead atoms. The Balaban J connectivity index is 1.46. The van der Waals surface area contributed by atoms with Crippen molar-refractivity contribution in [2.45, 2.75) is 13.2 Å². The van der Waals surface area contributed by atoms with E-state index in [-0.39, 0.29) is 13.2 Å². The van der Waals surface area contributed by atoms with Gasteiger partial charge in [-0.05, 0) is 30.3 Å². The van der Waals surface area contributed by atoms with Crippen LogP contribution in [0.15, 0.2) is 78.0 Å². The quantitative estimate of drug-likeness (QED) is 0.218. The van der Waals surface area contributed by atoms with Crippen LogP contribution in [0.4, 0.5) is 0 Å². The minimum Gasteiger partial charge on any atom is -0.493 e. The predicted molar refractivity (Wildman–Crippen MR) is 146 cm³/mol. The zero-order valence-electron chi connectivity index (χ0n) is 20.2. The van der Waals surface area contributed by atoms with Crippen molar-refractivity contribution in [3.05, 3.63) is 99.7 Å². The molecule has 0 spiro atoms. The first-order valence-electron chi connectivity index (χ1n) is 11.3. The Kier molecular flexibility index (Phi) is 8.62. The van der Waals surface area contributed by atoms with Gasteiger partial charge in [-0.2, -0.15) is 10.2 Å². The first-order valence-corrected chi connectivity index (χ1v) is 12.1. The maximum absolute atomic E-state index is 12.7. The molecule has 0 saturated carbocycles. The smallest absolute Gasteiger partial charge is 0.271 e. The summed E-state index contributed by atoms with van der Waals surface area (Å²) in [4.78, 5) is 24.1. The number of benzene rings is 3. The molecule has 11 heteroatoms. The Morgan fingerprint density at radius 2 is 1.87 bits per heavy atom. The number of nitrogens with two attached hydrogens (primary N) is 1. The number of nitrogens with zero attached hydrogens (tertiary/aromatic N) is 3. The average molecular weight is 552 g/mol. The Labute approximate surface area is 228 Å². The number of carbonyl (C=O) groups is 2. The monoisotopic (exact) mass is 551 g/mol. The van der Waals surface area contributed by atoms with E-state index >= 15 is 0 Å². The lowest BCUT2D eigenvalue weighted by atomic mass is 10.1. The standard InChI is InChI=1S/C27H23Cl2N5O4/c1-37-24-11-18(8-10-23(24)38-16-19-7-9-21(28)12-22(19)29)27(36)32-31-13-20-14-34(15-25(30)35)33-26(20)17-5-3-2-4-6-17/h2-14H,15-16H2,1H3,(H2,30,35)(H,32,36)/b31-13+. The van der Waals surface area contributed by atoms with Crippen molar-refractivity contribution in [1.29, 1.82) is 0 Å². The average Bonchev–Trinajstić information content (AvgIpc) is 3.30. The van der Waals surface area contributed by atoms with Gasteiger partial charge in [0.15, 0.2) is 11.5 Å². The van der Waals surface area contributed by atoms with E-state index in [1.54, 1.807) is 42.6 Å². The molecule has 1 heterocycles. The van der Waals surface area contributed by atoms with Gasteiger partial charge in [0.05, 0.1) is 13.3 Å². The van der Waals surface area contributed by atoms with E-state index in [1.165, 1.54) is 18.0 Å². The van der Waals surface area contributed by atoms with Gasteiger partial charge in [-0.25, -0.2) is 5.43 Å². The van der Waals surface area contributed by atoms with Crippen LogP contribution >= 0.6 is 23.2 Å². The third-order valence-electron chi connectivity index (χ3n) is 5.35. The second-order valence-electron chi connectivity index (χ2n) is 8.05. The third kappa shape index (κ3) is 6.70. The van der Waals surface area contributed by atoms with E-state index in [4.69, 9.17) is 38.4 Å². The molecule has 0 aliphatic heterocycles. The summed E-state index contributed by atoms with van der Waals surface area (Å²) in [5, 5.41) is 9.52.